The van der Waals surface area contributed by atoms with Gasteiger partial charge in [0.25, 0.3) is 0 Å². The van der Waals surface area contributed by atoms with Crippen molar-refractivity contribution in [3.05, 3.63) is 0 Å². The number of rotatable bonds is 0. The SMILES string of the molecule is CC1CC(C)[N](C)[GeH2][N]1C. The zero-order valence-corrected chi connectivity index (χ0v) is 10.4. The van der Waals surface area contributed by atoms with Gasteiger partial charge < -0.3 is 0 Å². The predicted molar refractivity (Wildman–Crippen MR) is 47.6 cm³/mol. The van der Waals surface area contributed by atoms with Crippen LogP contribution in [0.3, 0.4) is 0 Å². The van der Waals surface area contributed by atoms with Crippen molar-refractivity contribution in [3.8, 4) is 0 Å². The second kappa shape index (κ2) is 3.24. The Labute approximate surface area is 70.5 Å². The average Bonchev–Trinajstić information content (AvgIpc) is 1.84. The normalized spacial score (nSPS) is 40.8. The molecule has 0 saturated carbocycles. The second-order valence-electron chi connectivity index (χ2n) is 3.59. The molecule has 2 unspecified atom stereocenters. The van der Waals surface area contributed by atoms with Crippen LogP contribution in [-0.4, -0.2) is 49.8 Å². The first-order valence-electron chi connectivity index (χ1n) is 4.01. The topological polar surface area (TPSA) is 6.48 Å². The van der Waals surface area contributed by atoms with Gasteiger partial charge in [-0.2, -0.15) is 0 Å². The Morgan fingerprint density at radius 1 is 1.10 bits per heavy atom. The fourth-order valence-electron chi connectivity index (χ4n) is 1.48. The number of hydrogen-bond donors (Lipinski definition) is 0. The summed E-state index contributed by atoms with van der Waals surface area (Å²) < 4.78 is 5.15. The molecule has 0 radical (unpaired) electrons. The molecule has 1 heterocycles. The molecule has 0 aliphatic carbocycles. The molecule has 0 spiro atoms. The first kappa shape index (κ1) is 8.56. The maximum absolute atomic E-state index is 2.58. The van der Waals surface area contributed by atoms with Crippen molar-refractivity contribution in [2.75, 3.05) is 14.1 Å². The van der Waals surface area contributed by atoms with Crippen LogP contribution in [0.25, 0.3) is 0 Å². The molecule has 3 heteroatoms. The van der Waals surface area contributed by atoms with Crippen LogP contribution in [0.4, 0.5) is 0 Å². The van der Waals surface area contributed by atoms with Crippen LogP contribution in [-0.2, 0) is 0 Å². The minimum atomic E-state index is -0.486. The molecular formula is C7H18GeN2. The van der Waals surface area contributed by atoms with Gasteiger partial charge in [0.15, 0.2) is 0 Å². The first-order chi connectivity index (χ1) is 4.61. The molecule has 0 amide bonds. The molecular weight excluding hydrogens is 185 g/mol. The predicted octanol–water partition coefficient (Wildman–Crippen LogP) is 0.0295. The monoisotopic (exact) mass is 204 g/mol. The molecule has 2 atom stereocenters. The Balaban J connectivity index is 2.46. The standard InChI is InChI=1S/C7H18GeN2/c1-6-5-7(2)10(4)8-9(6)3/h6-7H,5,8H2,1-4H3. The molecule has 1 aliphatic heterocycles. The van der Waals surface area contributed by atoms with Crippen molar-refractivity contribution in [2.45, 2.75) is 32.4 Å². The van der Waals surface area contributed by atoms with Crippen molar-refractivity contribution in [2.24, 2.45) is 0 Å². The minimum absolute atomic E-state index is 0.486. The Morgan fingerprint density at radius 2 is 1.50 bits per heavy atom. The summed E-state index contributed by atoms with van der Waals surface area (Å²) in [5.41, 5.74) is 0. The molecule has 1 rings (SSSR count). The van der Waals surface area contributed by atoms with Crippen molar-refractivity contribution in [3.63, 3.8) is 0 Å². The summed E-state index contributed by atoms with van der Waals surface area (Å²) in [7, 11) is 4.54. The van der Waals surface area contributed by atoms with Gasteiger partial charge in [0.2, 0.25) is 0 Å². The molecule has 0 aromatic rings. The first-order valence-corrected chi connectivity index (χ1v) is 6.67. The van der Waals surface area contributed by atoms with Gasteiger partial charge in [0.1, 0.15) is 0 Å². The van der Waals surface area contributed by atoms with Crippen molar-refractivity contribution >= 4 is 15.9 Å². The van der Waals surface area contributed by atoms with E-state index in [1.807, 2.05) is 0 Å². The summed E-state index contributed by atoms with van der Waals surface area (Å²) in [6, 6.07) is 1.68. The summed E-state index contributed by atoms with van der Waals surface area (Å²) in [6.07, 6.45) is 1.35. The van der Waals surface area contributed by atoms with E-state index in [0.717, 1.165) is 12.1 Å². The molecule has 10 heavy (non-hydrogen) atoms. The van der Waals surface area contributed by atoms with E-state index in [0.29, 0.717) is 0 Å². The quantitative estimate of drug-likeness (QED) is 0.512. The van der Waals surface area contributed by atoms with E-state index < -0.39 is 15.9 Å². The number of nitrogens with zero attached hydrogens (tertiary/aromatic N) is 2. The third-order valence-corrected chi connectivity index (χ3v) is 7.12. The maximum atomic E-state index is 2.58. The van der Waals surface area contributed by atoms with Crippen molar-refractivity contribution < 1.29 is 0 Å². The molecule has 0 bridgehead atoms. The van der Waals surface area contributed by atoms with Crippen LogP contribution in [0.5, 0.6) is 0 Å². The summed E-state index contributed by atoms with van der Waals surface area (Å²) in [6.45, 7) is 4.68. The van der Waals surface area contributed by atoms with Gasteiger partial charge in [-0.25, -0.2) is 0 Å². The molecule has 0 aromatic heterocycles. The summed E-state index contributed by atoms with van der Waals surface area (Å²) in [4.78, 5) is 0. The van der Waals surface area contributed by atoms with Gasteiger partial charge in [-0.05, 0) is 0 Å². The zero-order chi connectivity index (χ0) is 7.72. The van der Waals surface area contributed by atoms with Gasteiger partial charge in [0, 0.05) is 0 Å². The van der Waals surface area contributed by atoms with Crippen LogP contribution >= 0.6 is 0 Å². The van der Waals surface area contributed by atoms with E-state index in [1.165, 1.54) is 6.42 Å². The average molecular weight is 203 g/mol. The molecule has 60 valence electrons. The molecule has 1 fully saturated rings. The van der Waals surface area contributed by atoms with Gasteiger partial charge in [-0.15, -0.1) is 0 Å². The summed E-state index contributed by atoms with van der Waals surface area (Å²) in [5.74, 6) is 0. The van der Waals surface area contributed by atoms with E-state index in [1.54, 1.807) is 0 Å². The van der Waals surface area contributed by atoms with Crippen molar-refractivity contribution in [1.82, 2.24) is 7.71 Å². The van der Waals surface area contributed by atoms with Gasteiger partial charge in [0.05, 0.1) is 0 Å². The summed E-state index contributed by atoms with van der Waals surface area (Å²) in [5, 5.41) is 0. The molecule has 1 saturated heterocycles. The second-order valence-corrected chi connectivity index (χ2v) is 8.37. The molecule has 2 nitrogen and oxygen atoms in total. The van der Waals surface area contributed by atoms with Crippen LogP contribution in [0.2, 0.25) is 0 Å². The Hall–Kier alpha value is 0.463. The van der Waals surface area contributed by atoms with Crippen molar-refractivity contribution in [1.29, 1.82) is 0 Å². The fourth-order valence-corrected chi connectivity index (χ4v) is 4.76. The number of hydrogen-bond acceptors (Lipinski definition) is 2. The van der Waals surface area contributed by atoms with E-state index in [2.05, 4.69) is 35.7 Å². The molecule has 1 aliphatic rings. The van der Waals surface area contributed by atoms with Crippen LogP contribution < -0.4 is 0 Å². The van der Waals surface area contributed by atoms with Crippen LogP contribution in [0.1, 0.15) is 20.3 Å². The van der Waals surface area contributed by atoms with Gasteiger partial charge in [-0.1, -0.05) is 0 Å². The molecule has 0 N–H and O–H groups in total. The third kappa shape index (κ3) is 1.74. The Morgan fingerprint density at radius 3 is 1.80 bits per heavy atom. The van der Waals surface area contributed by atoms with Gasteiger partial charge >= 0.3 is 70.0 Å². The van der Waals surface area contributed by atoms with E-state index in [-0.39, 0.29) is 0 Å². The molecule has 0 aromatic carbocycles. The Kier molecular flexibility index (Phi) is 2.77. The van der Waals surface area contributed by atoms with E-state index in [4.69, 9.17) is 0 Å². The summed E-state index contributed by atoms with van der Waals surface area (Å²) >= 11 is -0.486. The van der Waals surface area contributed by atoms with Crippen LogP contribution in [0, 0.1) is 0 Å². The fraction of sp³-hybridized carbons (Fsp3) is 1.00. The van der Waals surface area contributed by atoms with E-state index >= 15 is 0 Å². The van der Waals surface area contributed by atoms with Crippen LogP contribution in [0.15, 0.2) is 0 Å². The third-order valence-electron chi connectivity index (χ3n) is 2.63. The van der Waals surface area contributed by atoms with E-state index in [9.17, 15) is 0 Å². The zero-order valence-electron chi connectivity index (χ0n) is 7.46. The van der Waals surface area contributed by atoms with Gasteiger partial charge in [-0.3, -0.25) is 0 Å². The Bertz CT molecular complexity index is 92.2.